The van der Waals surface area contributed by atoms with Gasteiger partial charge in [0.2, 0.25) is 0 Å². The maximum atomic E-state index is 13.4. The van der Waals surface area contributed by atoms with E-state index in [1.165, 1.54) is 12.1 Å². The summed E-state index contributed by atoms with van der Waals surface area (Å²) in [6.45, 7) is 1.90. The highest BCUT2D eigenvalue weighted by molar-refractivity contribution is 14.1. The summed E-state index contributed by atoms with van der Waals surface area (Å²) in [6.07, 6.45) is 0. The van der Waals surface area contributed by atoms with Gasteiger partial charge in [-0.15, -0.1) is 0 Å². The molecule has 2 rings (SSSR count). The Morgan fingerprint density at radius 2 is 1.94 bits per heavy atom. The van der Waals surface area contributed by atoms with E-state index >= 15 is 0 Å². The number of amides is 1. The summed E-state index contributed by atoms with van der Waals surface area (Å²) in [7, 11) is 0. The van der Waals surface area contributed by atoms with E-state index in [-0.39, 0.29) is 5.56 Å². The molecule has 4 heteroatoms. The Kier molecular flexibility index (Phi) is 3.96. The third-order valence-corrected chi connectivity index (χ3v) is 3.23. The number of anilines is 1. The van der Waals surface area contributed by atoms with E-state index in [0.29, 0.717) is 5.69 Å². The summed E-state index contributed by atoms with van der Waals surface area (Å²) in [6, 6.07) is 11.6. The minimum atomic E-state index is -0.516. The molecule has 0 heterocycles. The second-order valence-electron chi connectivity index (χ2n) is 3.89. The first kappa shape index (κ1) is 13.0. The van der Waals surface area contributed by atoms with Crippen molar-refractivity contribution in [3.8, 4) is 0 Å². The molecule has 2 aromatic carbocycles. The first-order chi connectivity index (χ1) is 8.58. The van der Waals surface area contributed by atoms with Gasteiger partial charge in [-0.1, -0.05) is 12.1 Å². The largest absolute Gasteiger partial charge is 0.322 e. The van der Waals surface area contributed by atoms with E-state index in [1.54, 1.807) is 12.1 Å². The number of hydrogen-bond acceptors (Lipinski definition) is 1. The van der Waals surface area contributed by atoms with Crippen molar-refractivity contribution in [3.63, 3.8) is 0 Å². The van der Waals surface area contributed by atoms with Gasteiger partial charge in [0.25, 0.3) is 5.91 Å². The molecule has 0 aliphatic carbocycles. The zero-order valence-electron chi connectivity index (χ0n) is 9.71. The van der Waals surface area contributed by atoms with Gasteiger partial charge in [-0.25, -0.2) is 4.39 Å². The van der Waals surface area contributed by atoms with Crippen LogP contribution in [0.5, 0.6) is 0 Å². The fourth-order valence-corrected chi connectivity index (χ4v) is 2.25. The Morgan fingerprint density at radius 3 is 2.61 bits per heavy atom. The highest BCUT2D eigenvalue weighted by atomic mass is 127. The smallest absolute Gasteiger partial charge is 0.258 e. The van der Waals surface area contributed by atoms with E-state index < -0.39 is 11.7 Å². The van der Waals surface area contributed by atoms with Crippen LogP contribution in [0, 0.1) is 16.3 Å². The van der Waals surface area contributed by atoms with Gasteiger partial charge in [0.15, 0.2) is 0 Å². The Morgan fingerprint density at radius 1 is 1.22 bits per heavy atom. The molecular formula is C14H11FINO. The van der Waals surface area contributed by atoms with Crippen molar-refractivity contribution in [2.45, 2.75) is 6.92 Å². The summed E-state index contributed by atoms with van der Waals surface area (Å²) in [5.41, 5.74) is 1.70. The number of hydrogen-bond donors (Lipinski definition) is 1. The minimum Gasteiger partial charge on any atom is -0.322 e. The molecular weight excluding hydrogens is 344 g/mol. The molecule has 1 amide bonds. The minimum absolute atomic E-state index is 0.0513. The molecule has 0 radical (unpaired) electrons. The third kappa shape index (κ3) is 2.87. The molecule has 0 aliphatic rings. The quantitative estimate of drug-likeness (QED) is 0.811. The third-order valence-electron chi connectivity index (χ3n) is 2.56. The first-order valence-electron chi connectivity index (χ1n) is 5.40. The Hall–Kier alpha value is -1.43. The van der Waals surface area contributed by atoms with E-state index in [0.717, 1.165) is 9.13 Å². The number of benzene rings is 2. The SMILES string of the molecule is Cc1cc(I)ccc1NC(=O)c1ccccc1F. The van der Waals surface area contributed by atoms with Crippen molar-refractivity contribution >= 4 is 34.2 Å². The van der Waals surface area contributed by atoms with Crippen LogP contribution in [0.4, 0.5) is 10.1 Å². The number of carbonyl (C=O) groups excluding carboxylic acids is 1. The second kappa shape index (κ2) is 5.48. The number of rotatable bonds is 2. The Balaban J connectivity index is 2.24. The fraction of sp³-hybridized carbons (Fsp3) is 0.0714. The van der Waals surface area contributed by atoms with Crippen LogP contribution in [0.3, 0.4) is 0 Å². The second-order valence-corrected chi connectivity index (χ2v) is 5.14. The lowest BCUT2D eigenvalue weighted by Crippen LogP contribution is -2.14. The molecule has 0 aliphatic heterocycles. The number of carbonyl (C=O) groups is 1. The lowest BCUT2D eigenvalue weighted by molar-refractivity contribution is 0.102. The van der Waals surface area contributed by atoms with Gasteiger partial charge in [0.05, 0.1) is 5.56 Å². The molecule has 0 saturated heterocycles. The van der Waals surface area contributed by atoms with E-state index in [4.69, 9.17) is 0 Å². The summed E-state index contributed by atoms with van der Waals surface area (Å²) < 4.78 is 14.5. The van der Waals surface area contributed by atoms with Crippen molar-refractivity contribution in [1.29, 1.82) is 0 Å². The van der Waals surface area contributed by atoms with E-state index in [1.807, 2.05) is 25.1 Å². The normalized spacial score (nSPS) is 10.2. The van der Waals surface area contributed by atoms with Crippen LogP contribution in [0.25, 0.3) is 0 Å². The predicted molar refractivity (Wildman–Crippen MR) is 78.2 cm³/mol. The van der Waals surface area contributed by atoms with Crippen molar-refractivity contribution in [1.82, 2.24) is 0 Å². The average Bonchev–Trinajstić information content (AvgIpc) is 2.33. The van der Waals surface area contributed by atoms with Gasteiger partial charge in [0.1, 0.15) is 5.82 Å². The monoisotopic (exact) mass is 355 g/mol. The van der Waals surface area contributed by atoms with Gasteiger partial charge < -0.3 is 5.32 Å². The van der Waals surface area contributed by atoms with Crippen LogP contribution in [0.2, 0.25) is 0 Å². The molecule has 1 N–H and O–H groups in total. The van der Waals surface area contributed by atoms with Crippen molar-refractivity contribution in [3.05, 3.63) is 63.0 Å². The highest BCUT2D eigenvalue weighted by Gasteiger charge is 2.11. The van der Waals surface area contributed by atoms with Gasteiger partial charge >= 0.3 is 0 Å². The number of aryl methyl sites for hydroxylation is 1. The first-order valence-corrected chi connectivity index (χ1v) is 6.48. The topological polar surface area (TPSA) is 29.1 Å². The number of halogens is 2. The molecule has 0 atom stereocenters. The van der Waals surface area contributed by atoms with Crippen LogP contribution >= 0.6 is 22.6 Å². The van der Waals surface area contributed by atoms with Crippen LogP contribution < -0.4 is 5.32 Å². The number of nitrogens with one attached hydrogen (secondary N) is 1. The highest BCUT2D eigenvalue weighted by Crippen LogP contribution is 2.19. The van der Waals surface area contributed by atoms with E-state index in [2.05, 4.69) is 27.9 Å². The molecule has 2 aromatic rings. The fourth-order valence-electron chi connectivity index (χ4n) is 1.60. The molecule has 0 fully saturated rings. The van der Waals surface area contributed by atoms with Crippen molar-refractivity contribution in [2.24, 2.45) is 0 Å². The van der Waals surface area contributed by atoms with Gasteiger partial charge in [0, 0.05) is 9.26 Å². The van der Waals surface area contributed by atoms with Crippen molar-refractivity contribution < 1.29 is 9.18 Å². The molecule has 18 heavy (non-hydrogen) atoms. The maximum Gasteiger partial charge on any atom is 0.258 e. The Bertz CT molecular complexity index is 598. The lowest BCUT2D eigenvalue weighted by Gasteiger charge is -2.09. The van der Waals surface area contributed by atoms with Gasteiger partial charge in [-0.05, 0) is 65.4 Å². The molecule has 0 aromatic heterocycles. The summed E-state index contributed by atoms with van der Waals surface area (Å²) in [4.78, 5) is 11.9. The zero-order valence-corrected chi connectivity index (χ0v) is 11.9. The summed E-state index contributed by atoms with van der Waals surface area (Å²) in [5, 5.41) is 2.71. The van der Waals surface area contributed by atoms with E-state index in [9.17, 15) is 9.18 Å². The molecule has 0 saturated carbocycles. The molecule has 0 spiro atoms. The molecule has 0 bridgehead atoms. The van der Waals surface area contributed by atoms with Crippen LogP contribution in [-0.2, 0) is 0 Å². The predicted octanol–water partition coefficient (Wildman–Crippen LogP) is 3.99. The lowest BCUT2D eigenvalue weighted by atomic mass is 10.1. The summed E-state index contributed by atoms with van der Waals surface area (Å²) >= 11 is 2.20. The molecule has 92 valence electrons. The van der Waals surface area contributed by atoms with Crippen LogP contribution in [-0.4, -0.2) is 5.91 Å². The Labute approximate surface area is 118 Å². The van der Waals surface area contributed by atoms with Gasteiger partial charge in [-0.3, -0.25) is 4.79 Å². The van der Waals surface area contributed by atoms with Crippen LogP contribution in [0.1, 0.15) is 15.9 Å². The standard InChI is InChI=1S/C14H11FINO/c1-9-8-10(16)6-7-13(9)17-14(18)11-4-2-3-5-12(11)15/h2-8H,1H3,(H,17,18). The maximum absolute atomic E-state index is 13.4. The zero-order chi connectivity index (χ0) is 13.1. The van der Waals surface area contributed by atoms with Crippen LogP contribution in [0.15, 0.2) is 42.5 Å². The van der Waals surface area contributed by atoms with Gasteiger partial charge in [-0.2, -0.15) is 0 Å². The molecule has 2 nitrogen and oxygen atoms in total. The summed E-state index contributed by atoms with van der Waals surface area (Å²) in [5.74, 6) is -0.949. The van der Waals surface area contributed by atoms with Crippen molar-refractivity contribution in [2.75, 3.05) is 5.32 Å². The average molecular weight is 355 g/mol. The molecule has 0 unspecified atom stereocenters.